The number of hydrogen-bond acceptors (Lipinski definition) is 0. The van der Waals surface area contributed by atoms with Crippen molar-refractivity contribution in [3.63, 3.8) is 0 Å². The van der Waals surface area contributed by atoms with Gasteiger partial charge in [0.2, 0.25) is 0 Å². The molecule has 0 spiro atoms. The van der Waals surface area contributed by atoms with Crippen LogP contribution in [-0.2, 0) is 54.7 Å². The van der Waals surface area contributed by atoms with Gasteiger partial charge in [-0.3, -0.25) is 0 Å². The Morgan fingerprint density at radius 3 is 0.600 bits per heavy atom. The Morgan fingerprint density at radius 2 is 0.600 bits per heavy atom. The molecular formula is H8HgN2S2. The fourth-order valence-corrected chi connectivity index (χ4v) is 0. The van der Waals surface area contributed by atoms with Crippen LogP contribution in [0.2, 0.25) is 0 Å². The van der Waals surface area contributed by atoms with E-state index in [4.69, 9.17) is 0 Å². The fraction of sp³-hybridized carbons (Fsp3) is 0. The van der Waals surface area contributed by atoms with Crippen molar-refractivity contribution in [2.45, 2.75) is 0 Å². The Kier molecular flexibility index (Phi) is 797. The summed E-state index contributed by atoms with van der Waals surface area (Å²) < 4.78 is 0. The number of hydrogen-bond donors (Lipinski definition) is 2. The summed E-state index contributed by atoms with van der Waals surface area (Å²) in [7, 11) is 0. The van der Waals surface area contributed by atoms with Crippen molar-refractivity contribution in [1.82, 2.24) is 12.3 Å². The van der Waals surface area contributed by atoms with Gasteiger partial charge in [0.1, 0.15) is 0 Å². The summed E-state index contributed by atoms with van der Waals surface area (Å²) >= 11 is 0. The van der Waals surface area contributed by atoms with Crippen LogP contribution < -0.4 is 12.3 Å². The van der Waals surface area contributed by atoms with Crippen molar-refractivity contribution < 1.29 is 27.7 Å². The molecular weight excluding hydrogens is 293 g/mol. The van der Waals surface area contributed by atoms with Gasteiger partial charge >= 0.3 is 27.7 Å². The molecule has 0 rings (SSSR count). The van der Waals surface area contributed by atoms with E-state index in [-0.39, 0.29) is 67.0 Å². The first-order valence-electron chi connectivity index (χ1n) is 0. The molecule has 0 aliphatic rings. The minimum absolute atomic E-state index is 0. The van der Waals surface area contributed by atoms with E-state index in [9.17, 15) is 0 Å². The van der Waals surface area contributed by atoms with Gasteiger partial charge in [-0.2, -0.15) is 0 Å². The van der Waals surface area contributed by atoms with E-state index in [0.717, 1.165) is 0 Å². The SMILES string of the molecule is [Hg+2].[NH4+].[NH4+].[S-2].[S-2]. The minimum Gasteiger partial charge on any atom is -2.00 e. The summed E-state index contributed by atoms with van der Waals surface area (Å²) in [4.78, 5) is 0. The van der Waals surface area contributed by atoms with Gasteiger partial charge < -0.3 is 39.3 Å². The summed E-state index contributed by atoms with van der Waals surface area (Å²) in [5, 5.41) is 0. The van der Waals surface area contributed by atoms with Crippen LogP contribution in [0.15, 0.2) is 0 Å². The van der Waals surface area contributed by atoms with Crippen molar-refractivity contribution in [3.05, 3.63) is 0 Å². The first kappa shape index (κ1) is 83.6. The molecule has 0 atom stereocenters. The molecule has 0 saturated heterocycles. The monoisotopic (exact) mass is 302 g/mol. The molecule has 0 saturated carbocycles. The van der Waals surface area contributed by atoms with Crippen LogP contribution in [0.4, 0.5) is 0 Å². The summed E-state index contributed by atoms with van der Waals surface area (Å²) in [6, 6.07) is 0. The molecule has 32 valence electrons. The van der Waals surface area contributed by atoms with Gasteiger partial charge in [-0.1, -0.05) is 0 Å². The molecule has 0 aromatic carbocycles. The zero-order chi connectivity index (χ0) is 0. The molecule has 0 amide bonds. The zero-order valence-electron chi connectivity index (χ0n) is 3.52. The molecule has 0 aromatic heterocycles. The van der Waals surface area contributed by atoms with Crippen LogP contribution in [0.5, 0.6) is 0 Å². The van der Waals surface area contributed by atoms with Gasteiger partial charge in [0.15, 0.2) is 0 Å². The minimum atomic E-state index is 0. The molecule has 0 bridgehead atoms. The van der Waals surface area contributed by atoms with Crippen LogP contribution in [0, 0.1) is 0 Å². The van der Waals surface area contributed by atoms with E-state index in [2.05, 4.69) is 0 Å². The molecule has 2 nitrogen and oxygen atoms in total. The molecule has 0 unspecified atom stereocenters. The first-order chi connectivity index (χ1) is 0. The Balaban J connectivity index is 0. The molecule has 0 aliphatic carbocycles. The van der Waals surface area contributed by atoms with E-state index < -0.39 is 0 Å². The number of rotatable bonds is 0. The third-order valence-corrected chi connectivity index (χ3v) is 0. The second-order valence-corrected chi connectivity index (χ2v) is 0. The maximum absolute atomic E-state index is 0. The zero-order valence-corrected chi connectivity index (χ0v) is 10.7. The van der Waals surface area contributed by atoms with Gasteiger partial charge in [-0.25, -0.2) is 0 Å². The average molecular weight is 301 g/mol. The normalized spacial score (nSPS) is 0. The molecule has 0 heterocycles. The van der Waals surface area contributed by atoms with Gasteiger partial charge in [0, 0.05) is 0 Å². The quantitative estimate of drug-likeness (QED) is 0.620. The predicted octanol–water partition coefficient (Wildman–Crippen LogP) is 0.745. The van der Waals surface area contributed by atoms with E-state index >= 15 is 0 Å². The van der Waals surface area contributed by atoms with Gasteiger partial charge in [0.25, 0.3) is 0 Å². The van der Waals surface area contributed by atoms with E-state index in [1.54, 1.807) is 0 Å². The van der Waals surface area contributed by atoms with Crippen molar-refractivity contribution in [2.24, 2.45) is 0 Å². The van der Waals surface area contributed by atoms with Crippen molar-refractivity contribution in [3.8, 4) is 0 Å². The van der Waals surface area contributed by atoms with E-state index in [0.29, 0.717) is 0 Å². The molecule has 0 aromatic rings. The summed E-state index contributed by atoms with van der Waals surface area (Å²) in [6.07, 6.45) is 0. The molecule has 0 aliphatic heterocycles. The third kappa shape index (κ3) is 29.0. The third-order valence-electron chi connectivity index (χ3n) is 0. The largest absolute Gasteiger partial charge is 2.00 e. The molecule has 0 radical (unpaired) electrons. The van der Waals surface area contributed by atoms with Crippen molar-refractivity contribution >= 4 is 27.0 Å². The molecule has 0 fully saturated rings. The maximum Gasteiger partial charge on any atom is 2.00 e. The topological polar surface area (TPSA) is 73.0 Å². The predicted molar refractivity (Wildman–Crippen MR) is 26.7 cm³/mol. The second-order valence-electron chi connectivity index (χ2n) is 0. The second kappa shape index (κ2) is 47.7. The average Bonchev–Trinajstić information content (AvgIpc) is 0. The van der Waals surface area contributed by atoms with Crippen LogP contribution in [0.3, 0.4) is 0 Å². The molecule has 8 N–H and O–H groups in total. The number of quaternary nitrogens is 2. The van der Waals surface area contributed by atoms with Gasteiger partial charge in [-0.05, 0) is 0 Å². The van der Waals surface area contributed by atoms with E-state index in [1.165, 1.54) is 0 Å². The Hall–Kier alpha value is 1.56. The smallest absolute Gasteiger partial charge is 2.00 e. The van der Waals surface area contributed by atoms with Crippen LogP contribution >= 0.6 is 0 Å². The van der Waals surface area contributed by atoms with Crippen LogP contribution in [0.1, 0.15) is 0 Å². The summed E-state index contributed by atoms with van der Waals surface area (Å²) in [5.41, 5.74) is 0. The summed E-state index contributed by atoms with van der Waals surface area (Å²) in [6.45, 7) is 0. The standard InChI is InChI=1S/Hg.2H3N.2S/h;2*1H3;;/q+2;;;2*-2/p+2. The maximum atomic E-state index is 0. The van der Waals surface area contributed by atoms with Gasteiger partial charge in [-0.15, -0.1) is 0 Å². The Bertz CT molecular complexity index is 7.61. The first-order valence-corrected chi connectivity index (χ1v) is 0. The Labute approximate surface area is 66.7 Å². The van der Waals surface area contributed by atoms with Crippen molar-refractivity contribution in [1.29, 1.82) is 0 Å². The van der Waals surface area contributed by atoms with E-state index in [1.807, 2.05) is 0 Å². The molecule has 5 heavy (non-hydrogen) atoms. The molecule has 5 heteroatoms. The fourth-order valence-electron chi connectivity index (χ4n) is 0. The van der Waals surface area contributed by atoms with Crippen LogP contribution in [0.25, 0.3) is 0 Å². The summed E-state index contributed by atoms with van der Waals surface area (Å²) in [5.74, 6) is 0. The van der Waals surface area contributed by atoms with Gasteiger partial charge in [0.05, 0.1) is 0 Å². The van der Waals surface area contributed by atoms with Crippen LogP contribution in [-0.4, -0.2) is 0 Å². The van der Waals surface area contributed by atoms with Crippen molar-refractivity contribution in [2.75, 3.05) is 0 Å². The Morgan fingerprint density at radius 1 is 0.600 bits per heavy atom.